The summed E-state index contributed by atoms with van der Waals surface area (Å²) in [5.41, 5.74) is 1.66. The summed E-state index contributed by atoms with van der Waals surface area (Å²) in [5.74, 6) is 1.27. The van der Waals surface area contributed by atoms with Gasteiger partial charge < -0.3 is 9.47 Å². The third-order valence-electron chi connectivity index (χ3n) is 3.52. The van der Waals surface area contributed by atoms with E-state index in [9.17, 15) is 4.79 Å². The molecule has 0 aromatic heterocycles. The number of Topliss-reactive ketones (excluding diaryl/α,β-unsaturated/α-hetero) is 1. The van der Waals surface area contributed by atoms with E-state index >= 15 is 0 Å². The number of hydrogen-bond acceptors (Lipinski definition) is 3. The van der Waals surface area contributed by atoms with Gasteiger partial charge in [0, 0.05) is 5.56 Å². The Morgan fingerprint density at radius 3 is 2.12 bits per heavy atom. The number of benzene rings is 3. The second-order valence-corrected chi connectivity index (χ2v) is 5.33. The zero-order valence-electron chi connectivity index (χ0n) is 13.2. The van der Waals surface area contributed by atoms with Crippen molar-refractivity contribution in [3.63, 3.8) is 0 Å². The van der Waals surface area contributed by atoms with E-state index in [-0.39, 0.29) is 12.4 Å². The Labute approximate surface area is 141 Å². The van der Waals surface area contributed by atoms with Crippen molar-refractivity contribution in [1.29, 1.82) is 0 Å². The Kier molecular flexibility index (Phi) is 5.25. The minimum absolute atomic E-state index is 0.00610. The van der Waals surface area contributed by atoms with Crippen molar-refractivity contribution in [1.82, 2.24) is 0 Å². The number of ketones is 1. The summed E-state index contributed by atoms with van der Waals surface area (Å²) in [7, 11) is 0. The molecule has 0 spiro atoms. The van der Waals surface area contributed by atoms with Crippen LogP contribution in [-0.4, -0.2) is 12.4 Å². The number of carbonyl (C=O) groups is 1. The number of ether oxygens (including phenoxy) is 2. The van der Waals surface area contributed by atoms with Gasteiger partial charge in [-0.1, -0.05) is 60.7 Å². The van der Waals surface area contributed by atoms with E-state index in [1.807, 2.05) is 72.8 Å². The molecule has 3 aromatic carbocycles. The van der Waals surface area contributed by atoms with Gasteiger partial charge in [0.05, 0.1) is 0 Å². The second-order valence-electron chi connectivity index (χ2n) is 5.33. The van der Waals surface area contributed by atoms with Crippen LogP contribution < -0.4 is 9.47 Å². The van der Waals surface area contributed by atoms with Gasteiger partial charge in [0.2, 0.25) is 0 Å². The summed E-state index contributed by atoms with van der Waals surface area (Å²) in [6.45, 7) is 0.477. The average Bonchev–Trinajstić information content (AvgIpc) is 2.66. The molecular formula is C21H18O3. The average molecular weight is 318 g/mol. The third kappa shape index (κ3) is 4.46. The molecule has 3 nitrogen and oxygen atoms in total. The maximum Gasteiger partial charge on any atom is 0.200 e. The van der Waals surface area contributed by atoms with Crippen LogP contribution in [0.1, 0.15) is 15.9 Å². The van der Waals surface area contributed by atoms with E-state index in [0.29, 0.717) is 23.7 Å². The molecule has 0 aliphatic rings. The first-order chi connectivity index (χ1) is 11.8. The molecule has 0 bridgehead atoms. The molecule has 0 saturated carbocycles. The number of hydrogen-bond donors (Lipinski definition) is 0. The summed E-state index contributed by atoms with van der Waals surface area (Å²) in [6, 6.07) is 26.4. The second kappa shape index (κ2) is 7.97. The van der Waals surface area contributed by atoms with Gasteiger partial charge in [0.1, 0.15) is 18.1 Å². The molecule has 24 heavy (non-hydrogen) atoms. The fourth-order valence-corrected chi connectivity index (χ4v) is 2.25. The highest BCUT2D eigenvalue weighted by Gasteiger charge is 2.08. The quantitative estimate of drug-likeness (QED) is 0.601. The molecule has 0 saturated heterocycles. The zero-order valence-corrected chi connectivity index (χ0v) is 13.2. The van der Waals surface area contributed by atoms with Crippen molar-refractivity contribution in [2.45, 2.75) is 6.61 Å². The zero-order chi connectivity index (χ0) is 16.6. The van der Waals surface area contributed by atoms with Crippen molar-refractivity contribution < 1.29 is 14.3 Å². The molecular weight excluding hydrogens is 300 g/mol. The molecule has 3 rings (SSSR count). The predicted molar refractivity (Wildman–Crippen MR) is 93.5 cm³/mol. The first-order valence-corrected chi connectivity index (χ1v) is 7.79. The summed E-state index contributed by atoms with van der Waals surface area (Å²) >= 11 is 0. The molecule has 0 aliphatic heterocycles. The molecule has 120 valence electrons. The Morgan fingerprint density at radius 1 is 0.708 bits per heavy atom. The maximum atomic E-state index is 12.3. The highest BCUT2D eigenvalue weighted by molar-refractivity contribution is 5.97. The van der Waals surface area contributed by atoms with Crippen LogP contribution in [-0.2, 0) is 6.61 Å². The van der Waals surface area contributed by atoms with E-state index in [0.717, 1.165) is 5.56 Å². The topological polar surface area (TPSA) is 35.5 Å². The SMILES string of the molecule is O=C(COc1ccccc1)c1cccc(OCc2ccccc2)c1. The third-order valence-corrected chi connectivity index (χ3v) is 3.52. The number of rotatable bonds is 7. The van der Waals surface area contributed by atoms with Crippen LogP contribution >= 0.6 is 0 Å². The van der Waals surface area contributed by atoms with Crippen LogP contribution in [0.5, 0.6) is 11.5 Å². The lowest BCUT2D eigenvalue weighted by Crippen LogP contribution is -2.11. The minimum atomic E-state index is -0.0796. The Balaban J connectivity index is 1.59. The van der Waals surface area contributed by atoms with E-state index in [1.165, 1.54) is 0 Å². The van der Waals surface area contributed by atoms with Gasteiger partial charge in [-0.15, -0.1) is 0 Å². The van der Waals surface area contributed by atoms with E-state index in [4.69, 9.17) is 9.47 Å². The normalized spacial score (nSPS) is 10.2. The minimum Gasteiger partial charge on any atom is -0.489 e. The van der Waals surface area contributed by atoms with Crippen molar-refractivity contribution in [3.8, 4) is 11.5 Å². The summed E-state index contributed by atoms with van der Waals surface area (Å²) in [4.78, 5) is 12.3. The number of carbonyl (C=O) groups excluding carboxylic acids is 1. The highest BCUT2D eigenvalue weighted by atomic mass is 16.5. The largest absolute Gasteiger partial charge is 0.489 e. The van der Waals surface area contributed by atoms with Gasteiger partial charge in [0.15, 0.2) is 12.4 Å². The van der Waals surface area contributed by atoms with Crippen molar-refractivity contribution in [3.05, 3.63) is 96.1 Å². The molecule has 0 atom stereocenters. The molecule has 0 heterocycles. The molecule has 0 radical (unpaired) electrons. The van der Waals surface area contributed by atoms with E-state index in [1.54, 1.807) is 12.1 Å². The Hall–Kier alpha value is -3.07. The van der Waals surface area contributed by atoms with Crippen molar-refractivity contribution in [2.75, 3.05) is 6.61 Å². The first kappa shape index (κ1) is 15.8. The van der Waals surface area contributed by atoms with Crippen LogP contribution in [0.2, 0.25) is 0 Å². The van der Waals surface area contributed by atoms with E-state index in [2.05, 4.69) is 0 Å². The van der Waals surface area contributed by atoms with Crippen LogP contribution in [0.25, 0.3) is 0 Å². The lowest BCUT2D eigenvalue weighted by atomic mass is 10.1. The van der Waals surface area contributed by atoms with Gasteiger partial charge >= 0.3 is 0 Å². The summed E-state index contributed by atoms with van der Waals surface area (Å²) < 4.78 is 11.3. The maximum absolute atomic E-state index is 12.3. The Morgan fingerprint density at radius 2 is 1.38 bits per heavy atom. The molecule has 3 heteroatoms. The smallest absolute Gasteiger partial charge is 0.200 e. The lowest BCUT2D eigenvalue weighted by molar-refractivity contribution is 0.0921. The fourth-order valence-electron chi connectivity index (χ4n) is 2.25. The van der Waals surface area contributed by atoms with Gasteiger partial charge in [-0.25, -0.2) is 0 Å². The first-order valence-electron chi connectivity index (χ1n) is 7.79. The molecule has 3 aromatic rings. The van der Waals surface area contributed by atoms with Crippen LogP contribution in [0.3, 0.4) is 0 Å². The van der Waals surface area contributed by atoms with Gasteiger partial charge in [-0.2, -0.15) is 0 Å². The molecule has 0 N–H and O–H groups in total. The predicted octanol–water partition coefficient (Wildman–Crippen LogP) is 4.53. The fraction of sp³-hybridized carbons (Fsp3) is 0.0952. The van der Waals surface area contributed by atoms with Gasteiger partial charge in [-0.05, 0) is 29.8 Å². The monoisotopic (exact) mass is 318 g/mol. The molecule has 0 amide bonds. The Bertz CT molecular complexity index is 782. The molecule has 0 aliphatic carbocycles. The lowest BCUT2D eigenvalue weighted by Gasteiger charge is -2.09. The van der Waals surface area contributed by atoms with E-state index < -0.39 is 0 Å². The highest BCUT2D eigenvalue weighted by Crippen LogP contribution is 2.16. The van der Waals surface area contributed by atoms with Crippen LogP contribution in [0.4, 0.5) is 0 Å². The standard InChI is InChI=1S/C21H18O3/c22-21(16-24-19-11-5-2-6-12-19)18-10-7-13-20(14-18)23-15-17-8-3-1-4-9-17/h1-14H,15-16H2. The van der Waals surface area contributed by atoms with Crippen LogP contribution in [0, 0.1) is 0 Å². The summed E-state index contributed by atoms with van der Waals surface area (Å²) in [6.07, 6.45) is 0. The van der Waals surface area contributed by atoms with Crippen LogP contribution in [0.15, 0.2) is 84.9 Å². The molecule has 0 unspecified atom stereocenters. The van der Waals surface area contributed by atoms with Crippen molar-refractivity contribution in [2.24, 2.45) is 0 Å². The molecule has 0 fully saturated rings. The van der Waals surface area contributed by atoms with Crippen molar-refractivity contribution >= 4 is 5.78 Å². The number of para-hydroxylation sites is 1. The van der Waals surface area contributed by atoms with Gasteiger partial charge in [0.25, 0.3) is 0 Å². The van der Waals surface area contributed by atoms with Gasteiger partial charge in [-0.3, -0.25) is 4.79 Å². The summed E-state index contributed by atoms with van der Waals surface area (Å²) in [5, 5.41) is 0.